The summed E-state index contributed by atoms with van der Waals surface area (Å²) in [4.78, 5) is 0. The molecule has 2 unspecified atom stereocenters. The molecule has 2 fully saturated rings. The summed E-state index contributed by atoms with van der Waals surface area (Å²) >= 11 is 0. The number of rotatable bonds is 1. The Balaban J connectivity index is -0.000000216. The minimum atomic E-state index is 0. The molecule has 2 aliphatic rings. The second-order valence-electron chi connectivity index (χ2n) is 5.37. The second kappa shape index (κ2) is 13.0. The Morgan fingerprint density at radius 1 is 0.765 bits per heavy atom. The fourth-order valence-corrected chi connectivity index (χ4v) is 3.20. The van der Waals surface area contributed by atoms with Gasteiger partial charge in [-0.2, -0.15) is 0 Å². The maximum absolute atomic E-state index is 2.40. The van der Waals surface area contributed by atoms with Gasteiger partial charge in [0.25, 0.3) is 0 Å². The Morgan fingerprint density at radius 3 is 1.24 bits per heavy atom. The van der Waals surface area contributed by atoms with Crippen molar-refractivity contribution in [1.29, 1.82) is 0 Å². The van der Waals surface area contributed by atoms with Crippen LogP contribution in [0.3, 0.4) is 0 Å². The van der Waals surface area contributed by atoms with E-state index in [2.05, 4.69) is 20.8 Å². The predicted molar refractivity (Wildman–Crippen MR) is 77.3 cm³/mol. The Hall–Kier alpha value is 0.519. The van der Waals surface area contributed by atoms with Crippen LogP contribution in [0.25, 0.3) is 0 Å². The van der Waals surface area contributed by atoms with Crippen molar-refractivity contribution < 1.29 is 17.1 Å². The van der Waals surface area contributed by atoms with Crippen molar-refractivity contribution in [3.63, 3.8) is 0 Å². The van der Waals surface area contributed by atoms with Gasteiger partial charge in [0.2, 0.25) is 0 Å². The van der Waals surface area contributed by atoms with Gasteiger partial charge in [-0.15, -0.1) is 0 Å². The van der Waals surface area contributed by atoms with E-state index in [9.17, 15) is 0 Å². The summed E-state index contributed by atoms with van der Waals surface area (Å²) < 4.78 is 0. The van der Waals surface area contributed by atoms with E-state index < -0.39 is 0 Å². The average Bonchev–Trinajstić information content (AvgIpc) is 2.80. The largest absolute Gasteiger partial charge is 2.00 e. The fraction of sp³-hybridized carbons (Fsp3) is 0.875. The maximum Gasteiger partial charge on any atom is 2.00 e. The zero-order valence-corrected chi connectivity index (χ0v) is 13.8. The molecule has 0 aromatic heterocycles. The number of hydrogen-bond donors (Lipinski definition) is 0. The van der Waals surface area contributed by atoms with Crippen LogP contribution in [0.2, 0.25) is 0 Å². The molecule has 0 radical (unpaired) electrons. The van der Waals surface area contributed by atoms with E-state index >= 15 is 0 Å². The summed E-state index contributed by atoms with van der Waals surface area (Å²) in [7, 11) is 0. The standard InChI is InChI=1S/C9H18.C5H10.2CH3.Fe/c1-4-9-7(2)5-6-8(9)3;1-2-4-5-3-1;;;/h7-9H,4-6H2,1-3H3;1-5H2;2*1H3;/q;;2*-1;+2. The van der Waals surface area contributed by atoms with Crippen molar-refractivity contribution in [2.45, 2.75) is 72.1 Å². The van der Waals surface area contributed by atoms with Crippen LogP contribution in [0.1, 0.15) is 72.1 Å². The summed E-state index contributed by atoms with van der Waals surface area (Å²) in [6.45, 7) is 7.12. The average molecular weight is 282 g/mol. The van der Waals surface area contributed by atoms with Gasteiger partial charge in [0.1, 0.15) is 0 Å². The normalized spacial score (nSPS) is 30.2. The first-order valence-electron chi connectivity index (χ1n) is 6.75. The van der Waals surface area contributed by atoms with Crippen molar-refractivity contribution in [2.24, 2.45) is 17.8 Å². The molecule has 0 nitrogen and oxygen atoms in total. The molecule has 0 saturated heterocycles. The molecule has 2 atom stereocenters. The molecule has 0 N–H and O–H groups in total. The van der Waals surface area contributed by atoms with E-state index in [4.69, 9.17) is 0 Å². The Labute approximate surface area is 122 Å². The molecule has 0 heterocycles. The number of hydrogen-bond acceptors (Lipinski definition) is 0. The molecular weight excluding hydrogens is 248 g/mol. The van der Waals surface area contributed by atoms with Gasteiger partial charge in [-0.3, -0.25) is 0 Å². The first kappa shape index (κ1) is 22.7. The van der Waals surface area contributed by atoms with Crippen molar-refractivity contribution >= 4 is 0 Å². The summed E-state index contributed by atoms with van der Waals surface area (Å²) in [5.41, 5.74) is 0. The third-order valence-electron chi connectivity index (χ3n) is 4.26. The van der Waals surface area contributed by atoms with Crippen molar-refractivity contribution in [3.05, 3.63) is 14.9 Å². The summed E-state index contributed by atoms with van der Waals surface area (Å²) in [6.07, 6.45) is 11.8. The van der Waals surface area contributed by atoms with Crippen LogP contribution in [0, 0.1) is 32.6 Å². The Bertz CT molecular complexity index is 123. The molecule has 2 aliphatic carbocycles. The van der Waals surface area contributed by atoms with Crippen LogP contribution < -0.4 is 0 Å². The van der Waals surface area contributed by atoms with Crippen LogP contribution in [0.15, 0.2) is 0 Å². The second-order valence-corrected chi connectivity index (χ2v) is 5.37. The molecule has 0 aliphatic heterocycles. The van der Waals surface area contributed by atoms with E-state index in [0.717, 1.165) is 17.8 Å². The zero-order valence-electron chi connectivity index (χ0n) is 12.7. The Morgan fingerprint density at radius 2 is 1.06 bits per heavy atom. The minimum Gasteiger partial charge on any atom is -0.358 e. The zero-order chi connectivity index (χ0) is 10.4. The molecule has 2 rings (SSSR count). The van der Waals surface area contributed by atoms with Gasteiger partial charge >= 0.3 is 17.1 Å². The van der Waals surface area contributed by atoms with Crippen LogP contribution in [-0.2, 0) is 17.1 Å². The molecule has 106 valence electrons. The summed E-state index contributed by atoms with van der Waals surface area (Å²) in [6, 6.07) is 0. The van der Waals surface area contributed by atoms with Crippen LogP contribution >= 0.6 is 0 Å². The quantitative estimate of drug-likeness (QED) is 0.413. The van der Waals surface area contributed by atoms with Gasteiger partial charge in [0.05, 0.1) is 0 Å². The molecule has 0 bridgehead atoms. The molecule has 0 aromatic carbocycles. The van der Waals surface area contributed by atoms with Crippen molar-refractivity contribution in [2.75, 3.05) is 0 Å². The van der Waals surface area contributed by atoms with E-state index in [1.54, 1.807) is 0 Å². The molecule has 1 heteroatoms. The Kier molecular flexibility index (Phi) is 17.3. The third kappa shape index (κ3) is 8.27. The van der Waals surface area contributed by atoms with Gasteiger partial charge < -0.3 is 14.9 Å². The van der Waals surface area contributed by atoms with Gasteiger partial charge in [0, 0.05) is 0 Å². The van der Waals surface area contributed by atoms with Gasteiger partial charge in [-0.25, -0.2) is 0 Å². The van der Waals surface area contributed by atoms with E-state index in [1.807, 2.05) is 0 Å². The van der Waals surface area contributed by atoms with Crippen LogP contribution in [0.5, 0.6) is 0 Å². The van der Waals surface area contributed by atoms with Crippen LogP contribution in [0.4, 0.5) is 0 Å². The fourth-order valence-electron chi connectivity index (χ4n) is 3.20. The first-order chi connectivity index (χ1) is 6.75. The topological polar surface area (TPSA) is 0 Å². The molecule has 0 spiro atoms. The monoisotopic (exact) mass is 282 g/mol. The van der Waals surface area contributed by atoms with E-state index in [-0.39, 0.29) is 31.9 Å². The predicted octanol–water partition coefficient (Wildman–Crippen LogP) is 5.93. The molecule has 0 amide bonds. The van der Waals surface area contributed by atoms with E-state index in [1.165, 1.54) is 51.4 Å². The SMILES string of the molecule is C1CCCC1.CCC1C(C)CCC1C.[CH3-].[CH3-].[Fe+2]. The first-order valence-corrected chi connectivity index (χ1v) is 6.75. The van der Waals surface area contributed by atoms with Gasteiger partial charge in [0.15, 0.2) is 0 Å². The van der Waals surface area contributed by atoms with Crippen LogP contribution in [-0.4, -0.2) is 0 Å². The summed E-state index contributed by atoms with van der Waals surface area (Å²) in [5, 5.41) is 0. The summed E-state index contributed by atoms with van der Waals surface area (Å²) in [5.74, 6) is 3.04. The molecular formula is C16H34Fe. The van der Waals surface area contributed by atoms with Gasteiger partial charge in [-0.05, 0) is 17.8 Å². The molecule has 0 aromatic rings. The molecule has 17 heavy (non-hydrogen) atoms. The van der Waals surface area contributed by atoms with E-state index in [0.29, 0.717) is 0 Å². The van der Waals surface area contributed by atoms with Crippen molar-refractivity contribution in [3.8, 4) is 0 Å². The smallest absolute Gasteiger partial charge is 0.358 e. The third-order valence-corrected chi connectivity index (χ3v) is 4.26. The van der Waals surface area contributed by atoms with Crippen molar-refractivity contribution in [1.82, 2.24) is 0 Å². The van der Waals surface area contributed by atoms with Gasteiger partial charge in [-0.1, -0.05) is 72.1 Å². The molecule has 2 saturated carbocycles. The maximum atomic E-state index is 2.40. The minimum absolute atomic E-state index is 0.